The van der Waals surface area contributed by atoms with Gasteiger partial charge in [-0.15, -0.1) is 12.4 Å². The predicted octanol–water partition coefficient (Wildman–Crippen LogP) is 3.95. The molecule has 3 heterocycles. The number of ether oxygens (including phenoxy) is 1. The fraction of sp³-hybridized carbons (Fsp3) is 0.650. The summed E-state index contributed by atoms with van der Waals surface area (Å²) < 4.78 is 6.14. The first-order valence-electron chi connectivity index (χ1n) is 9.27. The zero-order valence-electron chi connectivity index (χ0n) is 14.3. The van der Waals surface area contributed by atoms with Crippen LogP contribution in [-0.4, -0.2) is 36.6 Å². The molecule has 4 fully saturated rings. The number of fused-ring (bicyclic) bond motifs is 3. The third kappa shape index (κ3) is 3.21. The fourth-order valence-electron chi connectivity index (χ4n) is 4.82. The zero-order chi connectivity index (χ0) is 15.7. The van der Waals surface area contributed by atoms with Crippen molar-refractivity contribution >= 4 is 18.4 Å². The Kier molecular flexibility index (Phi) is 5.51. The number of esters is 1. The summed E-state index contributed by atoms with van der Waals surface area (Å²) in [6, 6.07) is 10.4. The van der Waals surface area contributed by atoms with E-state index in [1.165, 1.54) is 32.4 Å². The number of carbonyl (C=O) groups excluding carboxylic acids is 1. The summed E-state index contributed by atoms with van der Waals surface area (Å²) in [5, 5.41) is 0. The molecule has 1 aliphatic carbocycles. The Balaban J connectivity index is 0.00000169. The molecule has 1 aromatic carbocycles. The first kappa shape index (κ1) is 17.8. The molecule has 132 valence electrons. The number of halogens is 1. The number of benzene rings is 1. The summed E-state index contributed by atoms with van der Waals surface area (Å²) in [5.74, 6) is 0.627. The largest absolute Gasteiger partial charge is 0.460 e. The van der Waals surface area contributed by atoms with Crippen LogP contribution in [0.2, 0.25) is 0 Å². The summed E-state index contributed by atoms with van der Waals surface area (Å²) >= 11 is 0. The van der Waals surface area contributed by atoms with E-state index in [9.17, 15) is 4.79 Å². The summed E-state index contributed by atoms with van der Waals surface area (Å²) in [4.78, 5) is 15.7. The second-order valence-corrected chi connectivity index (χ2v) is 7.59. The third-order valence-electron chi connectivity index (χ3n) is 6.28. The van der Waals surface area contributed by atoms with Crippen molar-refractivity contribution in [2.75, 3.05) is 19.6 Å². The average molecular weight is 350 g/mol. The SMILES string of the molecule is Cl.O=C(OC1CN2CCC1CC2)C1(c2ccccc2)CCCCC1. The normalized spacial score (nSPS) is 31.1. The van der Waals surface area contributed by atoms with Crippen LogP contribution in [0.25, 0.3) is 0 Å². The molecule has 0 spiro atoms. The van der Waals surface area contributed by atoms with Crippen molar-refractivity contribution in [1.82, 2.24) is 4.90 Å². The van der Waals surface area contributed by atoms with Gasteiger partial charge in [0.15, 0.2) is 0 Å². The van der Waals surface area contributed by atoms with Crippen LogP contribution >= 0.6 is 12.4 Å². The monoisotopic (exact) mass is 349 g/mol. The summed E-state index contributed by atoms with van der Waals surface area (Å²) in [6.07, 6.45) is 7.88. The summed E-state index contributed by atoms with van der Waals surface area (Å²) in [5.41, 5.74) is 0.761. The molecule has 3 saturated heterocycles. The summed E-state index contributed by atoms with van der Waals surface area (Å²) in [7, 11) is 0. The Morgan fingerprint density at radius 1 is 1.04 bits per heavy atom. The van der Waals surface area contributed by atoms with E-state index in [4.69, 9.17) is 4.74 Å². The molecule has 4 aliphatic rings. The van der Waals surface area contributed by atoms with Crippen molar-refractivity contribution in [3.63, 3.8) is 0 Å². The molecule has 2 bridgehead atoms. The maximum atomic E-state index is 13.2. The maximum Gasteiger partial charge on any atom is 0.316 e. The van der Waals surface area contributed by atoms with E-state index in [1.807, 2.05) is 18.2 Å². The van der Waals surface area contributed by atoms with Crippen LogP contribution in [-0.2, 0) is 14.9 Å². The van der Waals surface area contributed by atoms with E-state index >= 15 is 0 Å². The quantitative estimate of drug-likeness (QED) is 0.774. The number of rotatable bonds is 3. The van der Waals surface area contributed by atoms with Crippen molar-refractivity contribution in [3.8, 4) is 0 Å². The Bertz CT molecular complexity index is 548. The van der Waals surface area contributed by atoms with Crippen molar-refractivity contribution < 1.29 is 9.53 Å². The highest BCUT2D eigenvalue weighted by Crippen LogP contribution is 2.42. The lowest BCUT2D eigenvalue weighted by atomic mass is 9.69. The van der Waals surface area contributed by atoms with Gasteiger partial charge in [-0.2, -0.15) is 0 Å². The van der Waals surface area contributed by atoms with E-state index in [0.29, 0.717) is 5.92 Å². The van der Waals surface area contributed by atoms with Crippen LogP contribution in [0, 0.1) is 5.92 Å². The number of carbonyl (C=O) groups is 1. The first-order chi connectivity index (χ1) is 11.3. The molecule has 3 nitrogen and oxygen atoms in total. The van der Waals surface area contributed by atoms with Crippen molar-refractivity contribution in [3.05, 3.63) is 35.9 Å². The summed E-state index contributed by atoms with van der Waals surface area (Å²) in [6.45, 7) is 3.31. The molecular formula is C20H28ClNO2. The van der Waals surface area contributed by atoms with Crippen molar-refractivity contribution in [1.29, 1.82) is 0 Å². The average Bonchev–Trinajstić information content (AvgIpc) is 2.64. The highest BCUT2D eigenvalue weighted by Gasteiger charge is 2.45. The minimum Gasteiger partial charge on any atom is -0.460 e. The lowest BCUT2D eigenvalue weighted by molar-refractivity contribution is -0.167. The minimum atomic E-state index is -0.397. The van der Waals surface area contributed by atoms with Gasteiger partial charge < -0.3 is 4.74 Å². The second-order valence-electron chi connectivity index (χ2n) is 7.59. The van der Waals surface area contributed by atoms with Gasteiger partial charge >= 0.3 is 5.97 Å². The molecule has 1 aromatic rings. The van der Waals surface area contributed by atoms with E-state index in [0.717, 1.165) is 37.8 Å². The lowest BCUT2D eigenvalue weighted by Crippen LogP contribution is -2.53. The van der Waals surface area contributed by atoms with Crippen LogP contribution in [0.5, 0.6) is 0 Å². The number of hydrogen-bond donors (Lipinski definition) is 0. The molecule has 24 heavy (non-hydrogen) atoms. The van der Waals surface area contributed by atoms with E-state index in [1.54, 1.807) is 0 Å². The molecular weight excluding hydrogens is 322 g/mol. The molecule has 1 saturated carbocycles. The second kappa shape index (κ2) is 7.45. The van der Waals surface area contributed by atoms with Crippen LogP contribution in [0.1, 0.15) is 50.5 Å². The first-order valence-corrected chi connectivity index (χ1v) is 9.27. The molecule has 0 aromatic heterocycles. The topological polar surface area (TPSA) is 29.5 Å². The van der Waals surface area contributed by atoms with E-state index in [2.05, 4.69) is 17.0 Å². The van der Waals surface area contributed by atoms with E-state index in [-0.39, 0.29) is 24.5 Å². The fourth-order valence-corrected chi connectivity index (χ4v) is 4.82. The third-order valence-corrected chi connectivity index (χ3v) is 6.28. The van der Waals surface area contributed by atoms with Crippen LogP contribution in [0.15, 0.2) is 30.3 Å². The molecule has 0 N–H and O–H groups in total. The van der Waals surface area contributed by atoms with Crippen LogP contribution in [0.3, 0.4) is 0 Å². The molecule has 5 rings (SSSR count). The van der Waals surface area contributed by atoms with Crippen LogP contribution < -0.4 is 0 Å². The lowest BCUT2D eigenvalue weighted by Gasteiger charge is -2.45. The van der Waals surface area contributed by atoms with Crippen molar-refractivity contribution in [2.45, 2.75) is 56.5 Å². The zero-order valence-corrected chi connectivity index (χ0v) is 15.1. The molecule has 0 radical (unpaired) electrons. The molecule has 4 heteroatoms. The number of hydrogen-bond acceptors (Lipinski definition) is 3. The van der Waals surface area contributed by atoms with Gasteiger partial charge in [-0.1, -0.05) is 49.6 Å². The van der Waals surface area contributed by atoms with Crippen molar-refractivity contribution in [2.24, 2.45) is 5.92 Å². The smallest absolute Gasteiger partial charge is 0.316 e. The van der Waals surface area contributed by atoms with Gasteiger partial charge in [-0.25, -0.2) is 0 Å². The standard InChI is InChI=1S/C20H27NO2.ClH/c22-19(23-18-15-21-13-9-16(18)10-14-21)20(11-5-2-6-12-20)17-7-3-1-4-8-17;/h1,3-4,7-8,16,18H,2,5-6,9-15H2;1H. The molecule has 0 amide bonds. The van der Waals surface area contributed by atoms with Gasteiger partial charge in [0, 0.05) is 6.54 Å². The number of nitrogens with zero attached hydrogens (tertiary/aromatic N) is 1. The van der Waals surface area contributed by atoms with Gasteiger partial charge in [-0.05, 0) is 50.3 Å². The highest BCUT2D eigenvalue weighted by atomic mass is 35.5. The molecule has 3 aliphatic heterocycles. The van der Waals surface area contributed by atoms with Gasteiger partial charge in [-0.3, -0.25) is 9.69 Å². The van der Waals surface area contributed by atoms with E-state index < -0.39 is 5.41 Å². The predicted molar refractivity (Wildman–Crippen MR) is 97.5 cm³/mol. The Labute approximate surface area is 151 Å². The van der Waals surface area contributed by atoms with Gasteiger partial charge in [0.1, 0.15) is 6.10 Å². The molecule has 1 atom stereocenters. The number of piperidine rings is 3. The highest BCUT2D eigenvalue weighted by molar-refractivity contribution is 5.85. The Morgan fingerprint density at radius 2 is 1.71 bits per heavy atom. The van der Waals surface area contributed by atoms with Crippen LogP contribution in [0.4, 0.5) is 0 Å². The van der Waals surface area contributed by atoms with Gasteiger partial charge in [0.25, 0.3) is 0 Å². The maximum absolute atomic E-state index is 13.2. The molecule has 1 unspecified atom stereocenters. The minimum absolute atomic E-state index is 0. The van der Waals surface area contributed by atoms with Gasteiger partial charge in [0.05, 0.1) is 5.41 Å². The Morgan fingerprint density at radius 3 is 2.29 bits per heavy atom. The van der Waals surface area contributed by atoms with Gasteiger partial charge in [0.2, 0.25) is 0 Å². The Hall–Kier alpha value is -1.06.